The van der Waals surface area contributed by atoms with E-state index in [1.165, 1.54) is 4.68 Å². The van der Waals surface area contributed by atoms with Crippen molar-refractivity contribution in [1.82, 2.24) is 19.7 Å². The Labute approximate surface area is 126 Å². The van der Waals surface area contributed by atoms with Crippen LogP contribution in [0.1, 0.15) is 36.8 Å². The van der Waals surface area contributed by atoms with E-state index in [0.717, 1.165) is 17.3 Å². The number of aromatic amines is 1. The third kappa shape index (κ3) is 2.23. The number of nitrogens with one attached hydrogen (secondary N) is 1. The zero-order valence-corrected chi connectivity index (χ0v) is 12.8. The van der Waals surface area contributed by atoms with Crippen LogP contribution in [0.3, 0.4) is 0 Å². The van der Waals surface area contributed by atoms with Crippen LogP contribution in [0.5, 0.6) is 0 Å². The molecule has 5 nitrogen and oxygen atoms in total. The molecule has 0 unspecified atom stereocenters. The Morgan fingerprint density at radius 3 is 2.57 bits per heavy atom. The van der Waals surface area contributed by atoms with E-state index in [4.69, 9.17) is 11.6 Å². The first kappa shape index (κ1) is 13.8. The molecule has 21 heavy (non-hydrogen) atoms. The highest BCUT2D eigenvalue weighted by molar-refractivity contribution is 6.32. The monoisotopic (exact) mass is 302 g/mol. The number of para-hydroxylation sites is 2. The standard InChI is InChI=1S/C15H15ClN4O/c1-15(2,3)12-9(8-21)13(16)20(19-12)14-17-10-6-4-5-7-11(10)18-14/h4-8H,1-3H3,(H,17,18). The fourth-order valence-corrected chi connectivity index (χ4v) is 2.50. The molecule has 3 aromatic rings. The Hall–Kier alpha value is -2.14. The summed E-state index contributed by atoms with van der Waals surface area (Å²) in [7, 11) is 0. The summed E-state index contributed by atoms with van der Waals surface area (Å²) in [4.78, 5) is 19.0. The molecule has 0 radical (unpaired) electrons. The number of halogens is 1. The average molecular weight is 303 g/mol. The molecule has 0 amide bonds. The highest BCUT2D eigenvalue weighted by Gasteiger charge is 2.27. The third-order valence-electron chi connectivity index (χ3n) is 3.27. The van der Waals surface area contributed by atoms with Crippen LogP contribution in [-0.2, 0) is 5.41 Å². The second-order valence-electron chi connectivity index (χ2n) is 5.91. The molecule has 2 heterocycles. The molecule has 3 rings (SSSR count). The number of benzene rings is 1. The number of nitrogens with zero attached hydrogens (tertiary/aromatic N) is 3. The second-order valence-corrected chi connectivity index (χ2v) is 6.27. The van der Waals surface area contributed by atoms with Crippen LogP contribution in [0.15, 0.2) is 24.3 Å². The van der Waals surface area contributed by atoms with Gasteiger partial charge in [0.05, 0.1) is 22.3 Å². The lowest BCUT2D eigenvalue weighted by Gasteiger charge is -2.15. The quantitative estimate of drug-likeness (QED) is 0.737. The number of hydrogen-bond acceptors (Lipinski definition) is 3. The summed E-state index contributed by atoms with van der Waals surface area (Å²) in [6.45, 7) is 5.96. The van der Waals surface area contributed by atoms with E-state index in [2.05, 4.69) is 15.1 Å². The number of aromatic nitrogens is 4. The fourth-order valence-electron chi connectivity index (χ4n) is 2.25. The molecule has 1 aromatic carbocycles. The topological polar surface area (TPSA) is 63.6 Å². The number of hydrogen-bond donors (Lipinski definition) is 1. The summed E-state index contributed by atoms with van der Waals surface area (Å²) in [5, 5.41) is 4.75. The average Bonchev–Trinajstić information content (AvgIpc) is 2.98. The van der Waals surface area contributed by atoms with Crippen LogP contribution in [0.2, 0.25) is 5.15 Å². The van der Waals surface area contributed by atoms with Gasteiger partial charge in [-0.25, -0.2) is 4.98 Å². The van der Waals surface area contributed by atoms with Crippen LogP contribution < -0.4 is 0 Å². The largest absolute Gasteiger partial charge is 0.322 e. The highest BCUT2D eigenvalue weighted by atomic mass is 35.5. The molecule has 0 saturated heterocycles. The Bertz CT molecular complexity index is 793. The summed E-state index contributed by atoms with van der Waals surface area (Å²) >= 11 is 6.31. The van der Waals surface area contributed by atoms with E-state index in [9.17, 15) is 4.79 Å². The molecule has 2 aromatic heterocycles. The van der Waals surface area contributed by atoms with Gasteiger partial charge >= 0.3 is 0 Å². The Morgan fingerprint density at radius 1 is 1.29 bits per heavy atom. The van der Waals surface area contributed by atoms with E-state index < -0.39 is 0 Å². The highest BCUT2D eigenvalue weighted by Crippen LogP contribution is 2.30. The summed E-state index contributed by atoms with van der Waals surface area (Å²) in [5.74, 6) is 0.500. The van der Waals surface area contributed by atoms with E-state index in [1.54, 1.807) is 0 Å². The molecule has 108 valence electrons. The van der Waals surface area contributed by atoms with Gasteiger partial charge in [0, 0.05) is 5.41 Å². The van der Waals surface area contributed by atoms with Crippen molar-refractivity contribution in [2.75, 3.05) is 0 Å². The van der Waals surface area contributed by atoms with Gasteiger partial charge in [0.2, 0.25) is 5.95 Å². The zero-order chi connectivity index (χ0) is 15.2. The van der Waals surface area contributed by atoms with Crippen molar-refractivity contribution < 1.29 is 4.79 Å². The first-order valence-corrected chi connectivity index (χ1v) is 6.99. The molecule has 0 fully saturated rings. The predicted molar refractivity (Wildman–Crippen MR) is 82.3 cm³/mol. The van der Waals surface area contributed by atoms with Gasteiger partial charge in [-0.1, -0.05) is 44.5 Å². The number of carbonyl (C=O) groups excluding carboxylic acids is 1. The Balaban J connectivity index is 2.23. The zero-order valence-electron chi connectivity index (χ0n) is 12.0. The third-order valence-corrected chi connectivity index (χ3v) is 3.63. The molecule has 0 atom stereocenters. The lowest BCUT2D eigenvalue weighted by Crippen LogP contribution is -2.14. The minimum atomic E-state index is -0.281. The maximum atomic E-state index is 11.3. The van der Waals surface area contributed by atoms with Gasteiger partial charge in [-0.3, -0.25) is 4.79 Å². The molecule has 6 heteroatoms. The predicted octanol–water partition coefficient (Wildman–Crippen LogP) is 3.51. The van der Waals surface area contributed by atoms with Crippen molar-refractivity contribution in [1.29, 1.82) is 0 Å². The van der Waals surface area contributed by atoms with Crippen LogP contribution >= 0.6 is 11.6 Å². The van der Waals surface area contributed by atoms with Gasteiger partial charge in [-0.15, -0.1) is 0 Å². The molecule has 0 aliphatic carbocycles. The van der Waals surface area contributed by atoms with Gasteiger partial charge in [0.15, 0.2) is 6.29 Å². The van der Waals surface area contributed by atoms with E-state index >= 15 is 0 Å². The summed E-state index contributed by atoms with van der Waals surface area (Å²) < 4.78 is 1.48. The van der Waals surface area contributed by atoms with Crippen molar-refractivity contribution >= 4 is 28.9 Å². The van der Waals surface area contributed by atoms with Crippen molar-refractivity contribution in [2.24, 2.45) is 0 Å². The molecule has 0 aliphatic heterocycles. The van der Waals surface area contributed by atoms with Gasteiger partial charge in [0.1, 0.15) is 5.15 Å². The van der Waals surface area contributed by atoms with Gasteiger partial charge in [-0.2, -0.15) is 9.78 Å². The lowest BCUT2D eigenvalue weighted by molar-refractivity contribution is 0.112. The Kier molecular flexibility index (Phi) is 3.10. The molecule has 1 N–H and O–H groups in total. The first-order valence-electron chi connectivity index (χ1n) is 6.61. The molecule has 0 saturated carbocycles. The number of carbonyl (C=O) groups is 1. The smallest absolute Gasteiger partial charge is 0.230 e. The molecule has 0 spiro atoms. The normalized spacial score (nSPS) is 12.0. The summed E-state index contributed by atoms with van der Waals surface area (Å²) in [5.41, 5.74) is 2.50. The summed E-state index contributed by atoms with van der Waals surface area (Å²) in [6, 6.07) is 7.66. The number of H-pyrrole nitrogens is 1. The fraction of sp³-hybridized carbons (Fsp3) is 0.267. The second kappa shape index (κ2) is 4.70. The molecule has 0 bridgehead atoms. The SMILES string of the molecule is CC(C)(C)c1nn(-c2nc3ccccc3[nH]2)c(Cl)c1C=O. The van der Waals surface area contributed by atoms with Crippen LogP contribution in [0.25, 0.3) is 17.0 Å². The van der Waals surface area contributed by atoms with Gasteiger partial charge in [-0.05, 0) is 12.1 Å². The maximum Gasteiger partial charge on any atom is 0.230 e. The molecule has 0 aliphatic rings. The summed E-state index contributed by atoms with van der Waals surface area (Å²) in [6.07, 6.45) is 0.745. The Morgan fingerprint density at radius 2 is 2.00 bits per heavy atom. The van der Waals surface area contributed by atoms with Gasteiger partial charge in [0.25, 0.3) is 0 Å². The van der Waals surface area contributed by atoms with Crippen LogP contribution in [0.4, 0.5) is 0 Å². The lowest BCUT2D eigenvalue weighted by atomic mass is 9.90. The van der Waals surface area contributed by atoms with Crippen LogP contribution in [0, 0.1) is 0 Å². The minimum absolute atomic E-state index is 0.272. The number of aldehydes is 1. The van der Waals surface area contributed by atoms with Crippen molar-refractivity contribution in [3.8, 4) is 5.95 Å². The first-order chi connectivity index (χ1) is 9.91. The number of imidazole rings is 1. The van der Waals surface area contributed by atoms with E-state index in [-0.39, 0.29) is 10.6 Å². The van der Waals surface area contributed by atoms with Crippen molar-refractivity contribution in [3.63, 3.8) is 0 Å². The van der Waals surface area contributed by atoms with E-state index in [0.29, 0.717) is 17.2 Å². The van der Waals surface area contributed by atoms with Crippen LogP contribution in [-0.4, -0.2) is 26.0 Å². The number of fused-ring (bicyclic) bond motifs is 1. The van der Waals surface area contributed by atoms with Crippen molar-refractivity contribution in [2.45, 2.75) is 26.2 Å². The van der Waals surface area contributed by atoms with Crippen molar-refractivity contribution in [3.05, 3.63) is 40.7 Å². The minimum Gasteiger partial charge on any atom is -0.322 e. The molecular formula is C15H15ClN4O. The van der Waals surface area contributed by atoms with Gasteiger partial charge < -0.3 is 4.98 Å². The molecular weight excluding hydrogens is 288 g/mol. The number of rotatable bonds is 2. The van der Waals surface area contributed by atoms with E-state index in [1.807, 2.05) is 45.0 Å². The maximum absolute atomic E-state index is 11.3.